The highest BCUT2D eigenvalue weighted by atomic mass is 14.7. The molecule has 0 aromatic carbocycles. The maximum Gasteiger partial charge on any atom is 0.0675 e. The highest BCUT2D eigenvalue weighted by molar-refractivity contribution is 5.23. The lowest BCUT2D eigenvalue weighted by Crippen LogP contribution is -1.99. The topological polar surface area (TPSA) is 36.1 Å². The Morgan fingerprint density at radius 3 is 2.78 bits per heavy atom. The molecule has 0 N–H and O–H groups in total. The Balaban J connectivity index is 3.44. The first-order valence-corrected chi connectivity index (χ1v) is 3.17. The van der Waals surface area contributed by atoms with Gasteiger partial charge in [0.1, 0.15) is 0 Å². The molecule has 0 radical (unpaired) electrons. The molecule has 0 amide bonds. The minimum atomic E-state index is 0.0903. The molecule has 0 fully saturated rings. The second kappa shape index (κ2) is 5.30. The predicted octanol–water partition coefficient (Wildman–Crippen LogP) is 1.63. The molecule has 0 bridgehead atoms. The van der Waals surface area contributed by atoms with Gasteiger partial charge in [-0.05, 0) is 13.1 Å². The van der Waals surface area contributed by atoms with Crippen molar-refractivity contribution in [3.63, 3.8) is 0 Å². The van der Waals surface area contributed by atoms with Crippen molar-refractivity contribution in [3.05, 3.63) is 0 Å². The molecule has 0 aromatic heterocycles. The normalized spacial score (nSPS) is 12.0. The molecule has 2 heteroatoms. The van der Waals surface area contributed by atoms with Crippen molar-refractivity contribution < 1.29 is 0 Å². The van der Waals surface area contributed by atoms with Crippen LogP contribution in [0.3, 0.4) is 0 Å². The van der Waals surface area contributed by atoms with Crippen molar-refractivity contribution in [2.75, 3.05) is 6.54 Å². The standard InChI is InChI=1S/C7H12N2/c1-3-4-7(5-8)6-9-2/h7H,2-4,6H2,1H3. The van der Waals surface area contributed by atoms with Crippen LogP contribution in [0, 0.1) is 17.2 Å². The van der Waals surface area contributed by atoms with E-state index in [0.29, 0.717) is 6.54 Å². The first kappa shape index (κ1) is 8.16. The number of rotatable bonds is 4. The zero-order chi connectivity index (χ0) is 7.11. The summed E-state index contributed by atoms with van der Waals surface area (Å²) >= 11 is 0. The molecule has 0 aliphatic rings. The largest absolute Gasteiger partial charge is 0.300 e. The van der Waals surface area contributed by atoms with Gasteiger partial charge in [-0.25, -0.2) is 0 Å². The average molecular weight is 124 g/mol. The van der Waals surface area contributed by atoms with Crippen LogP contribution in [-0.4, -0.2) is 13.3 Å². The molecule has 0 aliphatic carbocycles. The summed E-state index contributed by atoms with van der Waals surface area (Å²) in [4.78, 5) is 3.65. The molecule has 0 rings (SSSR count). The van der Waals surface area contributed by atoms with Crippen LogP contribution in [0.4, 0.5) is 0 Å². The number of nitriles is 1. The van der Waals surface area contributed by atoms with Gasteiger partial charge in [0, 0.05) is 0 Å². The van der Waals surface area contributed by atoms with E-state index in [9.17, 15) is 0 Å². The van der Waals surface area contributed by atoms with Gasteiger partial charge >= 0.3 is 0 Å². The van der Waals surface area contributed by atoms with Crippen molar-refractivity contribution >= 4 is 6.72 Å². The fourth-order valence-corrected chi connectivity index (χ4v) is 0.701. The van der Waals surface area contributed by atoms with Gasteiger partial charge in [-0.3, -0.25) is 4.99 Å². The second-order valence-corrected chi connectivity index (χ2v) is 2.02. The van der Waals surface area contributed by atoms with Crippen LogP contribution in [0.5, 0.6) is 0 Å². The monoisotopic (exact) mass is 124 g/mol. The molecule has 9 heavy (non-hydrogen) atoms. The highest BCUT2D eigenvalue weighted by Crippen LogP contribution is 2.03. The molecule has 1 atom stereocenters. The van der Waals surface area contributed by atoms with Crippen LogP contribution in [0.25, 0.3) is 0 Å². The number of nitrogens with zero attached hydrogens (tertiary/aromatic N) is 2. The maximum absolute atomic E-state index is 8.45. The Kier molecular flexibility index (Phi) is 4.81. The molecule has 0 heterocycles. The fourth-order valence-electron chi connectivity index (χ4n) is 0.701. The summed E-state index contributed by atoms with van der Waals surface area (Å²) in [5.41, 5.74) is 0. The maximum atomic E-state index is 8.45. The van der Waals surface area contributed by atoms with Crippen molar-refractivity contribution in [1.82, 2.24) is 0 Å². The lowest BCUT2D eigenvalue weighted by Gasteiger charge is -2.00. The van der Waals surface area contributed by atoms with E-state index in [2.05, 4.69) is 24.7 Å². The van der Waals surface area contributed by atoms with E-state index in [0.717, 1.165) is 12.8 Å². The van der Waals surface area contributed by atoms with Crippen molar-refractivity contribution in [2.24, 2.45) is 10.9 Å². The van der Waals surface area contributed by atoms with Crippen LogP contribution >= 0.6 is 0 Å². The smallest absolute Gasteiger partial charge is 0.0675 e. The van der Waals surface area contributed by atoms with Gasteiger partial charge in [0.25, 0.3) is 0 Å². The van der Waals surface area contributed by atoms with Gasteiger partial charge in [-0.1, -0.05) is 13.3 Å². The van der Waals surface area contributed by atoms with Gasteiger partial charge in [-0.2, -0.15) is 5.26 Å². The molecule has 0 aliphatic heterocycles. The average Bonchev–Trinajstić information content (AvgIpc) is 1.88. The Morgan fingerprint density at radius 1 is 1.78 bits per heavy atom. The van der Waals surface area contributed by atoms with Crippen molar-refractivity contribution in [2.45, 2.75) is 19.8 Å². The molecular weight excluding hydrogens is 112 g/mol. The Hall–Kier alpha value is -0.840. The van der Waals surface area contributed by atoms with E-state index in [1.54, 1.807) is 0 Å². The Labute approximate surface area is 56.2 Å². The van der Waals surface area contributed by atoms with Crippen LogP contribution in [-0.2, 0) is 0 Å². The third kappa shape index (κ3) is 3.72. The van der Waals surface area contributed by atoms with Crippen molar-refractivity contribution in [3.8, 4) is 6.07 Å². The fraction of sp³-hybridized carbons (Fsp3) is 0.714. The first-order chi connectivity index (χ1) is 4.35. The molecular formula is C7H12N2. The molecule has 2 nitrogen and oxygen atoms in total. The quantitative estimate of drug-likeness (QED) is 0.524. The van der Waals surface area contributed by atoms with Gasteiger partial charge < -0.3 is 0 Å². The van der Waals surface area contributed by atoms with Gasteiger partial charge in [0.15, 0.2) is 0 Å². The zero-order valence-electron chi connectivity index (χ0n) is 5.80. The minimum Gasteiger partial charge on any atom is -0.300 e. The van der Waals surface area contributed by atoms with Crippen LogP contribution in [0.1, 0.15) is 19.8 Å². The van der Waals surface area contributed by atoms with Crippen LogP contribution in [0.2, 0.25) is 0 Å². The summed E-state index contributed by atoms with van der Waals surface area (Å²) < 4.78 is 0. The minimum absolute atomic E-state index is 0.0903. The summed E-state index contributed by atoms with van der Waals surface area (Å²) in [6.45, 7) is 5.98. The molecule has 1 unspecified atom stereocenters. The van der Waals surface area contributed by atoms with Crippen LogP contribution in [0.15, 0.2) is 4.99 Å². The van der Waals surface area contributed by atoms with Crippen LogP contribution < -0.4 is 0 Å². The van der Waals surface area contributed by atoms with Gasteiger partial charge in [-0.15, -0.1) is 0 Å². The third-order valence-corrected chi connectivity index (χ3v) is 1.17. The molecule has 0 saturated heterocycles. The summed E-state index contributed by atoms with van der Waals surface area (Å²) in [6, 6.07) is 2.17. The predicted molar refractivity (Wildman–Crippen MR) is 38.4 cm³/mol. The second-order valence-electron chi connectivity index (χ2n) is 2.02. The molecule has 0 saturated carbocycles. The Morgan fingerprint density at radius 2 is 2.44 bits per heavy atom. The molecule has 0 aromatic rings. The number of hydrogen-bond acceptors (Lipinski definition) is 2. The van der Waals surface area contributed by atoms with Crippen molar-refractivity contribution in [1.29, 1.82) is 5.26 Å². The summed E-state index contributed by atoms with van der Waals surface area (Å²) in [6.07, 6.45) is 1.99. The van der Waals surface area contributed by atoms with E-state index < -0.39 is 0 Å². The summed E-state index contributed by atoms with van der Waals surface area (Å²) in [5.74, 6) is 0.0903. The molecule has 0 spiro atoms. The molecule has 50 valence electrons. The summed E-state index contributed by atoms with van der Waals surface area (Å²) in [5, 5.41) is 8.45. The summed E-state index contributed by atoms with van der Waals surface area (Å²) in [7, 11) is 0. The zero-order valence-corrected chi connectivity index (χ0v) is 5.80. The van der Waals surface area contributed by atoms with E-state index in [-0.39, 0.29) is 5.92 Å². The Bertz CT molecular complexity index is 113. The first-order valence-electron chi connectivity index (χ1n) is 3.17. The van der Waals surface area contributed by atoms with E-state index in [1.807, 2.05) is 0 Å². The lowest BCUT2D eigenvalue weighted by molar-refractivity contribution is 0.605. The third-order valence-electron chi connectivity index (χ3n) is 1.17. The van der Waals surface area contributed by atoms with Gasteiger partial charge in [0.05, 0.1) is 18.5 Å². The van der Waals surface area contributed by atoms with E-state index in [1.165, 1.54) is 0 Å². The number of aliphatic imine (C=N–C) groups is 1. The van der Waals surface area contributed by atoms with E-state index >= 15 is 0 Å². The highest BCUT2D eigenvalue weighted by Gasteiger charge is 2.01. The SMILES string of the molecule is C=NCC(C#N)CCC. The van der Waals surface area contributed by atoms with E-state index in [4.69, 9.17) is 5.26 Å². The number of hydrogen-bond donors (Lipinski definition) is 0. The lowest BCUT2D eigenvalue weighted by atomic mass is 10.1. The van der Waals surface area contributed by atoms with Gasteiger partial charge in [0.2, 0.25) is 0 Å².